The third-order valence-corrected chi connectivity index (χ3v) is 3.69. The summed E-state index contributed by atoms with van der Waals surface area (Å²) >= 11 is 0. The number of nitrogens with two attached hydrogens (primary N) is 1. The Labute approximate surface area is 129 Å². The fourth-order valence-electron chi connectivity index (χ4n) is 2.60. The molecule has 3 aromatic rings. The van der Waals surface area contributed by atoms with E-state index in [2.05, 4.69) is 29.3 Å². The summed E-state index contributed by atoms with van der Waals surface area (Å²) in [5.74, 6) is 0.261. The first-order chi connectivity index (χ1) is 10.6. The van der Waals surface area contributed by atoms with Crippen LogP contribution in [0.2, 0.25) is 0 Å². The van der Waals surface area contributed by atoms with E-state index >= 15 is 0 Å². The van der Waals surface area contributed by atoms with Crippen LogP contribution in [0.3, 0.4) is 0 Å². The Bertz CT molecular complexity index is 886. The molecule has 0 saturated carbocycles. The summed E-state index contributed by atoms with van der Waals surface area (Å²) in [5, 5.41) is 11.6. The fourth-order valence-corrected chi connectivity index (χ4v) is 2.60. The molecule has 0 amide bonds. The summed E-state index contributed by atoms with van der Waals surface area (Å²) < 4.78 is 0. The predicted molar refractivity (Wildman–Crippen MR) is 90.6 cm³/mol. The van der Waals surface area contributed by atoms with Crippen molar-refractivity contribution in [2.75, 3.05) is 24.7 Å². The lowest BCUT2D eigenvalue weighted by atomic mass is 10.0. The molecule has 4 heteroatoms. The highest BCUT2D eigenvalue weighted by Gasteiger charge is 2.14. The van der Waals surface area contributed by atoms with Crippen LogP contribution in [-0.4, -0.2) is 19.1 Å². The van der Waals surface area contributed by atoms with Gasteiger partial charge in [0.25, 0.3) is 0 Å². The highest BCUT2D eigenvalue weighted by atomic mass is 15.1. The maximum Gasteiger partial charge on any atom is 0.144 e. The molecule has 2 aromatic carbocycles. The number of pyridine rings is 1. The number of aromatic nitrogens is 1. The van der Waals surface area contributed by atoms with Gasteiger partial charge in [-0.3, -0.25) is 0 Å². The number of anilines is 2. The van der Waals surface area contributed by atoms with Gasteiger partial charge in [-0.2, -0.15) is 5.26 Å². The van der Waals surface area contributed by atoms with Gasteiger partial charge in [0, 0.05) is 19.7 Å². The Balaban J connectivity index is 2.30. The summed E-state index contributed by atoms with van der Waals surface area (Å²) in [6.07, 6.45) is 0. The van der Waals surface area contributed by atoms with Crippen LogP contribution >= 0.6 is 0 Å². The van der Waals surface area contributed by atoms with Crippen molar-refractivity contribution >= 4 is 22.3 Å². The van der Waals surface area contributed by atoms with Gasteiger partial charge in [-0.1, -0.05) is 42.5 Å². The molecular formula is C18H16N4. The normalized spacial score (nSPS) is 10.4. The summed E-state index contributed by atoms with van der Waals surface area (Å²) in [4.78, 5) is 6.32. The molecule has 0 saturated heterocycles. The predicted octanol–water partition coefficient (Wildman–Crippen LogP) is 3.42. The zero-order valence-corrected chi connectivity index (χ0v) is 12.5. The number of hydrogen-bond acceptors (Lipinski definition) is 4. The lowest BCUT2D eigenvalue weighted by Gasteiger charge is -2.17. The Hall–Kier alpha value is -3.06. The number of nitrogen functional groups attached to an aromatic ring is 1. The van der Waals surface area contributed by atoms with Crippen molar-refractivity contribution in [2.45, 2.75) is 0 Å². The van der Waals surface area contributed by atoms with E-state index in [1.165, 1.54) is 0 Å². The van der Waals surface area contributed by atoms with Gasteiger partial charge >= 0.3 is 0 Å². The molecule has 0 aliphatic carbocycles. The molecule has 0 bridgehead atoms. The number of nitrogens with zero attached hydrogens (tertiary/aromatic N) is 3. The van der Waals surface area contributed by atoms with Gasteiger partial charge in [-0.15, -0.1) is 0 Å². The summed E-state index contributed by atoms with van der Waals surface area (Å²) in [7, 11) is 3.78. The van der Waals surface area contributed by atoms with E-state index in [0.717, 1.165) is 27.7 Å². The van der Waals surface area contributed by atoms with Crippen molar-refractivity contribution in [1.82, 2.24) is 4.98 Å². The van der Waals surface area contributed by atoms with Gasteiger partial charge in [0.2, 0.25) is 0 Å². The molecule has 22 heavy (non-hydrogen) atoms. The third kappa shape index (κ3) is 2.23. The molecule has 1 heterocycles. The lowest BCUT2D eigenvalue weighted by Crippen LogP contribution is -2.13. The van der Waals surface area contributed by atoms with E-state index in [0.29, 0.717) is 5.56 Å². The summed E-state index contributed by atoms with van der Waals surface area (Å²) in [5.41, 5.74) is 8.97. The highest BCUT2D eigenvalue weighted by Crippen LogP contribution is 2.32. The molecule has 2 N–H and O–H groups in total. The maximum absolute atomic E-state index is 9.28. The summed E-state index contributed by atoms with van der Waals surface area (Å²) in [6.45, 7) is 0. The largest absolute Gasteiger partial charge is 0.383 e. The van der Waals surface area contributed by atoms with Gasteiger partial charge in [-0.05, 0) is 16.8 Å². The molecule has 0 fully saturated rings. The Morgan fingerprint density at radius 1 is 1.09 bits per heavy atom. The monoisotopic (exact) mass is 288 g/mol. The zero-order chi connectivity index (χ0) is 15.7. The lowest BCUT2D eigenvalue weighted by molar-refractivity contribution is 1.11. The minimum atomic E-state index is 0.261. The number of benzene rings is 2. The first-order valence-corrected chi connectivity index (χ1v) is 6.98. The smallest absolute Gasteiger partial charge is 0.144 e. The fraction of sp³-hybridized carbons (Fsp3) is 0.111. The average Bonchev–Trinajstić information content (AvgIpc) is 2.53. The Morgan fingerprint density at radius 2 is 1.82 bits per heavy atom. The topological polar surface area (TPSA) is 65.9 Å². The van der Waals surface area contributed by atoms with Gasteiger partial charge in [0.05, 0.1) is 11.4 Å². The molecule has 0 spiro atoms. The Kier molecular flexibility index (Phi) is 3.40. The van der Waals surface area contributed by atoms with Crippen LogP contribution in [0.4, 0.5) is 11.5 Å². The second-order valence-corrected chi connectivity index (χ2v) is 5.32. The SMILES string of the molecule is CN(C)c1cc(-c2cccc3ccccc23)nc(N)c1C#N. The van der Waals surface area contributed by atoms with E-state index < -0.39 is 0 Å². The van der Waals surface area contributed by atoms with E-state index in [1.807, 2.05) is 49.3 Å². The van der Waals surface area contributed by atoms with E-state index in [-0.39, 0.29) is 5.82 Å². The Morgan fingerprint density at radius 3 is 2.55 bits per heavy atom. The molecule has 4 nitrogen and oxygen atoms in total. The molecule has 0 radical (unpaired) electrons. The van der Waals surface area contributed by atoms with E-state index in [9.17, 15) is 5.26 Å². The van der Waals surface area contributed by atoms with Crippen LogP contribution < -0.4 is 10.6 Å². The number of fused-ring (bicyclic) bond motifs is 1. The maximum atomic E-state index is 9.28. The number of nitriles is 1. The number of hydrogen-bond donors (Lipinski definition) is 1. The van der Waals surface area contributed by atoms with Crippen LogP contribution in [-0.2, 0) is 0 Å². The average molecular weight is 288 g/mol. The quantitative estimate of drug-likeness (QED) is 0.784. The number of rotatable bonds is 2. The minimum absolute atomic E-state index is 0.261. The first-order valence-electron chi connectivity index (χ1n) is 6.98. The molecule has 0 aliphatic heterocycles. The second kappa shape index (κ2) is 5.38. The minimum Gasteiger partial charge on any atom is -0.383 e. The molecule has 0 unspecified atom stereocenters. The van der Waals surface area contributed by atoms with Crippen LogP contribution in [0.15, 0.2) is 48.5 Å². The molecule has 3 rings (SSSR count). The van der Waals surface area contributed by atoms with Crippen LogP contribution in [0, 0.1) is 11.3 Å². The van der Waals surface area contributed by atoms with Gasteiger partial charge in [0.15, 0.2) is 0 Å². The van der Waals surface area contributed by atoms with E-state index in [1.54, 1.807) is 0 Å². The van der Waals surface area contributed by atoms with Gasteiger partial charge in [0.1, 0.15) is 17.5 Å². The molecule has 0 atom stereocenters. The van der Waals surface area contributed by atoms with Gasteiger partial charge in [-0.25, -0.2) is 4.98 Å². The van der Waals surface area contributed by atoms with Crippen LogP contribution in [0.5, 0.6) is 0 Å². The molecule has 108 valence electrons. The van der Waals surface area contributed by atoms with Crippen LogP contribution in [0.1, 0.15) is 5.56 Å². The van der Waals surface area contributed by atoms with Crippen molar-refractivity contribution in [1.29, 1.82) is 5.26 Å². The first kappa shape index (κ1) is 13.9. The molecular weight excluding hydrogens is 272 g/mol. The zero-order valence-electron chi connectivity index (χ0n) is 12.5. The van der Waals surface area contributed by atoms with Crippen molar-refractivity contribution in [3.05, 3.63) is 54.1 Å². The molecule has 1 aromatic heterocycles. The van der Waals surface area contributed by atoms with Crippen molar-refractivity contribution < 1.29 is 0 Å². The summed E-state index contributed by atoms with van der Waals surface area (Å²) in [6, 6.07) is 18.3. The van der Waals surface area contributed by atoms with Crippen molar-refractivity contribution in [3.8, 4) is 17.3 Å². The van der Waals surface area contributed by atoms with Crippen molar-refractivity contribution in [3.63, 3.8) is 0 Å². The molecule has 0 aliphatic rings. The second-order valence-electron chi connectivity index (χ2n) is 5.32. The van der Waals surface area contributed by atoms with Gasteiger partial charge < -0.3 is 10.6 Å². The van der Waals surface area contributed by atoms with Crippen LogP contribution in [0.25, 0.3) is 22.0 Å². The highest BCUT2D eigenvalue weighted by molar-refractivity contribution is 5.96. The standard InChI is InChI=1S/C18H16N4/c1-22(2)17-10-16(21-18(20)15(17)11-19)14-9-5-7-12-6-3-4-8-13(12)14/h3-10H,1-2H3,(H2,20,21). The van der Waals surface area contributed by atoms with Crippen molar-refractivity contribution in [2.24, 2.45) is 0 Å². The van der Waals surface area contributed by atoms with E-state index in [4.69, 9.17) is 5.73 Å². The third-order valence-electron chi connectivity index (χ3n) is 3.69.